The Hall–Kier alpha value is -3.24. The quantitative estimate of drug-likeness (QED) is 0.317. The van der Waals surface area contributed by atoms with Gasteiger partial charge in [0, 0.05) is 30.4 Å². The second-order valence-corrected chi connectivity index (χ2v) is 10.5. The molecule has 2 N–H and O–H groups in total. The van der Waals surface area contributed by atoms with Crippen LogP contribution in [0.15, 0.2) is 42.6 Å². The Bertz CT molecular complexity index is 1420. The standard InChI is InChI=1S/C27H26Cl2F3N5O2/c1-2-37-14-20(24(35-37)27(30,31)32)18-9-15(13-36-7-8-39-26(36)33)10-19(11-18)25(38)34-23(16-3-4-16)17-5-6-21(28)22(29)12-17/h5-6,9-12,14,16,23,33H,2-4,7-8,13H2,1H3,(H,34,38)/t23-/m0/s1. The number of amidine groups is 1. The summed E-state index contributed by atoms with van der Waals surface area (Å²) in [6.45, 7) is 2.97. The number of halogens is 5. The molecule has 1 amide bonds. The van der Waals surface area contributed by atoms with Crippen LogP contribution < -0.4 is 5.32 Å². The van der Waals surface area contributed by atoms with E-state index in [4.69, 9.17) is 33.3 Å². The summed E-state index contributed by atoms with van der Waals surface area (Å²) in [5.74, 6) is -0.207. The number of aryl methyl sites for hydroxylation is 1. The molecule has 2 heterocycles. The van der Waals surface area contributed by atoms with Crippen molar-refractivity contribution in [3.63, 3.8) is 0 Å². The first-order valence-electron chi connectivity index (χ1n) is 12.5. The van der Waals surface area contributed by atoms with Crippen molar-refractivity contribution in [2.45, 2.75) is 45.1 Å². The van der Waals surface area contributed by atoms with Gasteiger partial charge in [0.05, 0.1) is 22.6 Å². The van der Waals surface area contributed by atoms with Crippen LogP contribution in [-0.4, -0.2) is 39.8 Å². The monoisotopic (exact) mass is 579 g/mol. The summed E-state index contributed by atoms with van der Waals surface area (Å²) >= 11 is 12.3. The molecule has 0 radical (unpaired) electrons. The van der Waals surface area contributed by atoms with E-state index in [9.17, 15) is 18.0 Å². The van der Waals surface area contributed by atoms with Crippen LogP contribution in [0.3, 0.4) is 0 Å². The number of nitrogens with one attached hydrogen (secondary N) is 2. The summed E-state index contributed by atoms with van der Waals surface area (Å²) in [5, 5.41) is 15.6. The van der Waals surface area contributed by atoms with Crippen molar-refractivity contribution in [2.75, 3.05) is 13.2 Å². The van der Waals surface area contributed by atoms with E-state index in [-0.39, 0.29) is 47.8 Å². The van der Waals surface area contributed by atoms with Gasteiger partial charge in [0.1, 0.15) is 6.61 Å². The van der Waals surface area contributed by atoms with Crippen molar-refractivity contribution < 1.29 is 22.7 Å². The minimum Gasteiger partial charge on any atom is -0.463 e. The van der Waals surface area contributed by atoms with Gasteiger partial charge in [0.2, 0.25) is 0 Å². The van der Waals surface area contributed by atoms with Gasteiger partial charge in [-0.15, -0.1) is 0 Å². The highest BCUT2D eigenvalue weighted by Crippen LogP contribution is 2.42. The van der Waals surface area contributed by atoms with Gasteiger partial charge < -0.3 is 15.0 Å². The molecule has 2 fully saturated rings. The highest BCUT2D eigenvalue weighted by atomic mass is 35.5. The van der Waals surface area contributed by atoms with Crippen molar-refractivity contribution in [3.8, 4) is 11.1 Å². The lowest BCUT2D eigenvalue weighted by molar-refractivity contribution is -0.141. The second-order valence-electron chi connectivity index (χ2n) is 9.70. The molecule has 1 aliphatic heterocycles. The Labute approximate surface area is 233 Å². The fourth-order valence-corrected chi connectivity index (χ4v) is 5.03. The zero-order valence-electron chi connectivity index (χ0n) is 21.0. The predicted octanol–water partition coefficient (Wildman–Crippen LogP) is 6.54. The number of amides is 1. The molecule has 1 aliphatic carbocycles. The summed E-state index contributed by atoms with van der Waals surface area (Å²) in [7, 11) is 0. The summed E-state index contributed by atoms with van der Waals surface area (Å²) in [6.07, 6.45) is -1.48. The van der Waals surface area contributed by atoms with Gasteiger partial charge in [-0.2, -0.15) is 18.3 Å². The molecule has 0 bridgehead atoms. The maximum Gasteiger partial charge on any atom is 0.435 e. The average Bonchev–Trinajstić information content (AvgIpc) is 3.50. The van der Waals surface area contributed by atoms with E-state index in [1.54, 1.807) is 36.1 Å². The molecule has 2 aromatic carbocycles. The van der Waals surface area contributed by atoms with Gasteiger partial charge >= 0.3 is 6.18 Å². The third-order valence-electron chi connectivity index (χ3n) is 6.86. The Balaban J connectivity index is 1.53. The summed E-state index contributed by atoms with van der Waals surface area (Å²) in [6, 6.07) is 9.57. The minimum absolute atomic E-state index is 0.0189. The van der Waals surface area contributed by atoms with Gasteiger partial charge in [-0.25, -0.2) is 0 Å². The predicted molar refractivity (Wildman–Crippen MR) is 142 cm³/mol. The fraction of sp³-hybridized carbons (Fsp3) is 0.370. The maximum absolute atomic E-state index is 13.9. The van der Waals surface area contributed by atoms with Crippen LogP contribution in [0, 0.1) is 11.3 Å². The molecule has 206 valence electrons. The van der Waals surface area contributed by atoms with Crippen LogP contribution in [0.2, 0.25) is 10.0 Å². The largest absolute Gasteiger partial charge is 0.463 e. The van der Waals surface area contributed by atoms with Crippen molar-refractivity contribution in [1.29, 1.82) is 5.41 Å². The van der Waals surface area contributed by atoms with E-state index >= 15 is 0 Å². The van der Waals surface area contributed by atoms with Crippen LogP contribution in [0.25, 0.3) is 11.1 Å². The topological polar surface area (TPSA) is 83.2 Å². The van der Waals surface area contributed by atoms with Crippen molar-refractivity contribution in [1.82, 2.24) is 20.0 Å². The number of carbonyl (C=O) groups is 1. The van der Waals surface area contributed by atoms with E-state index in [0.29, 0.717) is 28.8 Å². The zero-order chi connectivity index (χ0) is 27.9. The number of hydrogen-bond donors (Lipinski definition) is 2. The van der Waals surface area contributed by atoms with Crippen LogP contribution in [0.1, 0.15) is 53.0 Å². The lowest BCUT2D eigenvalue weighted by atomic mass is 9.98. The summed E-state index contributed by atoms with van der Waals surface area (Å²) < 4.78 is 48.2. The molecular weight excluding hydrogens is 554 g/mol. The Morgan fingerprint density at radius 1 is 1.21 bits per heavy atom. The first kappa shape index (κ1) is 27.3. The molecule has 39 heavy (non-hydrogen) atoms. The number of carbonyl (C=O) groups excluding carboxylic acids is 1. The van der Waals surface area contributed by atoms with Gasteiger partial charge in [-0.05, 0) is 72.7 Å². The molecule has 7 nitrogen and oxygen atoms in total. The smallest absolute Gasteiger partial charge is 0.435 e. The van der Waals surface area contributed by atoms with E-state index in [1.165, 1.54) is 16.9 Å². The lowest BCUT2D eigenvalue weighted by Crippen LogP contribution is -2.30. The first-order valence-corrected chi connectivity index (χ1v) is 13.3. The summed E-state index contributed by atoms with van der Waals surface area (Å²) in [5.41, 5.74) is 0.671. The molecule has 1 aromatic heterocycles. The molecule has 1 saturated heterocycles. The molecule has 12 heteroatoms. The number of ether oxygens (including phenoxy) is 1. The number of nitrogens with zero attached hydrogens (tertiary/aromatic N) is 3. The van der Waals surface area contributed by atoms with Gasteiger partial charge in [-0.3, -0.25) is 14.9 Å². The van der Waals surface area contributed by atoms with Crippen molar-refractivity contribution in [2.24, 2.45) is 5.92 Å². The van der Waals surface area contributed by atoms with Crippen LogP contribution in [-0.2, 0) is 24.0 Å². The Kier molecular flexibility index (Phi) is 7.52. The van der Waals surface area contributed by atoms with E-state index in [0.717, 1.165) is 18.4 Å². The highest BCUT2D eigenvalue weighted by Gasteiger charge is 2.38. The molecule has 0 spiro atoms. The van der Waals surface area contributed by atoms with E-state index in [1.807, 2.05) is 6.07 Å². The Morgan fingerprint density at radius 2 is 1.97 bits per heavy atom. The molecule has 2 aliphatic rings. The molecular formula is C27H26Cl2F3N5O2. The second kappa shape index (κ2) is 10.7. The van der Waals surface area contributed by atoms with Crippen molar-refractivity contribution >= 4 is 35.1 Å². The highest BCUT2D eigenvalue weighted by molar-refractivity contribution is 6.42. The molecule has 0 unspecified atom stereocenters. The molecule has 5 rings (SSSR count). The first-order chi connectivity index (χ1) is 18.5. The van der Waals surface area contributed by atoms with E-state index < -0.39 is 17.8 Å². The van der Waals surface area contributed by atoms with Gasteiger partial charge in [0.15, 0.2) is 5.69 Å². The number of aromatic nitrogens is 2. The zero-order valence-corrected chi connectivity index (χ0v) is 22.5. The number of benzene rings is 2. The Morgan fingerprint density at radius 3 is 2.59 bits per heavy atom. The lowest BCUT2D eigenvalue weighted by Gasteiger charge is -2.21. The molecule has 1 atom stereocenters. The van der Waals surface area contributed by atoms with Crippen LogP contribution in [0.5, 0.6) is 0 Å². The number of alkyl halides is 3. The third kappa shape index (κ3) is 6.01. The van der Waals surface area contributed by atoms with Crippen LogP contribution >= 0.6 is 23.2 Å². The molecule has 3 aromatic rings. The average molecular weight is 580 g/mol. The number of rotatable bonds is 8. The minimum atomic E-state index is -4.68. The fourth-order valence-electron chi connectivity index (χ4n) is 4.72. The summed E-state index contributed by atoms with van der Waals surface area (Å²) in [4.78, 5) is 15.3. The van der Waals surface area contributed by atoms with Gasteiger partial charge in [0.25, 0.3) is 11.9 Å². The number of hydrogen-bond acceptors (Lipinski definition) is 4. The normalized spacial score (nSPS) is 16.4. The third-order valence-corrected chi connectivity index (χ3v) is 7.60. The van der Waals surface area contributed by atoms with E-state index in [2.05, 4.69) is 10.4 Å². The maximum atomic E-state index is 13.9. The van der Waals surface area contributed by atoms with Crippen LogP contribution in [0.4, 0.5) is 13.2 Å². The SMILES string of the molecule is CCn1cc(-c2cc(CN3CCOC3=N)cc(C(=O)N[C@H](c3ccc(Cl)c(Cl)c3)C3CC3)c2)c(C(F)(F)F)n1. The van der Waals surface area contributed by atoms with Crippen molar-refractivity contribution in [3.05, 3.63) is 75.0 Å². The van der Waals surface area contributed by atoms with Gasteiger partial charge in [-0.1, -0.05) is 29.3 Å². The molecule has 1 saturated carbocycles.